The summed E-state index contributed by atoms with van der Waals surface area (Å²) in [6.07, 6.45) is 43.9. The van der Waals surface area contributed by atoms with Crippen LogP contribution in [-0.4, -0.2) is 42.8 Å². The third kappa shape index (κ3) is 34.9. The van der Waals surface area contributed by atoms with E-state index in [1.165, 1.54) is 193 Å². The Balaban J connectivity index is 1.56. The first kappa shape index (κ1) is 64.8. The van der Waals surface area contributed by atoms with Crippen molar-refractivity contribution in [1.29, 1.82) is 0 Å². The van der Waals surface area contributed by atoms with Crippen molar-refractivity contribution in [2.75, 3.05) is 6.61 Å². The van der Waals surface area contributed by atoms with Gasteiger partial charge in [0.15, 0.2) is 6.10 Å². The van der Waals surface area contributed by atoms with E-state index in [-0.39, 0.29) is 18.6 Å². The van der Waals surface area contributed by atoms with Crippen LogP contribution in [0.4, 0.5) is 0 Å². The molecule has 4 atom stereocenters. The zero-order valence-corrected chi connectivity index (χ0v) is 47.7. The molecule has 0 saturated heterocycles. The standard InChI is InChI=1S/C67H109NO6/c1-4-6-8-10-12-14-16-18-19-20-21-22-23-24-25-26-27-29-31-33-35-46-54-65(74-59(3)69)67(70)68-63(58-71-55-60-47-39-36-40-48-60)66(73-57-62-51-43-38-44-52-62)64(72-56-61-49-41-37-42-50-61)53-45-34-32-30-28-17-15-13-11-9-7-5-2/h36-44,47-52,63-66H,4-35,45-46,53-58H2,1-3H3,(H,68,70)/t63-,64+,65+,66-/m0/s1. The number of nitrogens with one attached hydrogen (secondary N) is 1. The molecule has 0 radical (unpaired) electrons. The number of ether oxygens (including phenoxy) is 4. The van der Waals surface area contributed by atoms with Gasteiger partial charge in [0.25, 0.3) is 5.91 Å². The fourth-order valence-corrected chi connectivity index (χ4v) is 10.3. The lowest BCUT2D eigenvalue weighted by Crippen LogP contribution is -2.55. The van der Waals surface area contributed by atoms with Gasteiger partial charge in [0, 0.05) is 6.92 Å². The molecule has 7 heteroatoms. The van der Waals surface area contributed by atoms with Crippen LogP contribution in [0.15, 0.2) is 91.0 Å². The van der Waals surface area contributed by atoms with Gasteiger partial charge in [-0.05, 0) is 36.0 Å². The first-order valence-electron chi connectivity index (χ1n) is 30.9. The summed E-state index contributed by atoms with van der Waals surface area (Å²) in [7, 11) is 0. The van der Waals surface area contributed by atoms with E-state index in [4.69, 9.17) is 18.9 Å². The fourth-order valence-electron chi connectivity index (χ4n) is 10.3. The highest BCUT2D eigenvalue weighted by molar-refractivity contribution is 5.83. The summed E-state index contributed by atoms with van der Waals surface area (Å²) in [5.74, 6) is -0.758. The molecular formula is C67H109NO6. The molecule has 0 aliphatic heterocycles. The lowest BCUT2D eigenvalue weighted by Gasteiger charge is -2.35. The summed E-state index contributed by atoms with van der Waals surface area (Å²) in [4.78, 5) is 27.0. The SMILES string of the molecule is CCCCCCCCCCCCCCCCCCCCCCCC[C@@H](OC(C)=O)C(=O)N[C@@H](COCc1ccccc1)[C@H](OCc1ccccc1)[C@@H](CCCCCCCCCCCCCC)OCc1ccccc1. The van der Waals surface area contributed by atoms with Crippen molar-refractivity contribution in [2.45, 2.75) is 296 Å². The minimum atomic E-state index is -0.899. The van der Waals surface area contributed by atoms with E-state index in [0.717, 1.165) is 55.2 Å². The third-order valence-electron chi connectivity index (χ3n) is 14.9. The molecule has 0 unspecified atom stereocenters. The molecule has 0 fully saturated rings. The Morgan fingerprint density at radius 1 is 0.405 bits per heavy atom. The van der Waals surface area contributed by atoms with Crippen LogP contribution >= 0.6 is 0 Å². The molecule has 0 spiro atoms. The van der Waals surface area contributed by atoms with Gasteiger partial charge < -0.3 is 24.3 Å². The molecule has 0 bridgehead atoms. The molecule has 0 aliphatic carbocycles. The topological polar surface area (TPSA) is 83.1 Å². The maximum absolute atomic E-state index is 14.5. The highest BCUT2D eigenvalue weighted by Crippen LogP contribution is 2.24. The van der Waals surface area contributed by atoms with Crippen LogP contribution in [0.3, 0.4) is 0 Å². The van der Waals surface area contributed by atoms with Crippen molar-refractivity contribution in [2.24, 2.45) is 0 Å². The molecule has 3 aromatic carbocycles. The maximum Gasteiger partial charge on any atom is 0.303 e. The van der Waals surface area contributed by atoms with Crippen molar-refractivity contribution in [1.82, 2.24) is 5.32 Å². The van der Waals surface area contributed by atoms with Crippen molar-refractivity contribution >= 4 is 11.9 Å². The first-order valence-corrected chi connectivity index (χ1v) is 30.9. The third-order valence-corrected chi connectivity index (χ3v) is 14.9. The van der Waals surface area contributed by atoms with E-state index < -0.39 is 24.2 Å². The van der Waals surface area contributed by atoms with Crippen molar-refractivity contribution in [3.63, 3.8) is 0 Å². The second-order valence-corrected chi connectivity index (χ2v) is 21.7. The number of carbonyl (C=O) groups is 2. The molecule has 3 aromatic rings. The molecule has 0 saturated carbocycles. The van der Waals surface area contributed by atoms with Crippen LogP contribution in [0, 0.1) is 0 Å². The molecule has 1 N–H and O–H groups in total. The van der Waals surface area contributed by atoms with Gasteiger partial charge in [0.1, 0.15) is 6.10 Å². The Labute approximate surface area is 454 Å². The molecule has 0 aromatic heterocycles. The van der Waals surface area contributed by atoms with Crippen LogP contribution in [-0.2, 0) is 48.4 Å². The van der Waals surface area contributed by atoms with E-state index in [9.17, 15) is 9.59 Å². The first-order chi connectivity index (χ1) is 36.5. The molecule has 0 heterocycles. The number of hydrogen-bond acceptors (Lipinski definition) is 6. The van der Waals surface area contributed by atoms with Crippen LogP contribution in [0.25, 0.3) is 0 Å². The molecular weight excluding hydrogens is 915 g/mol. The van der Waals surface area contributed by atoms with Crippen LogP contribution in [0.1, 0.15) is 269 Å². The number of carbonyl (C=O) groups excluding carboxylic acids is 2. The van der Waals surface area contributed by atoms with Gasteiger partial charge >= 0.3 is 5.97 Å². The number of esters is 1. The van der Waals surface area contributed by atoms with Gasteiger partial charge in [-0.25, -0.2) is 0 Å². The fraction of sp³-hybridized carbons (Fsp3) is 0.701. The monoisotopic (exact) mass is 1020 g/mol. The number of rotatable bonds is 51. The molecule has 0 aliphatic rings. The van der Waals surface area contributed by atoms with E-state index in [0.29, 0.717) is 26.2 Å². The summed E-state index contributed by atoms with van der Waals surface area (Å²) in [5.41, 5.74) is 3.18. The molecule has 1 amide bonds. The highest BCUT2D eigenvalue weighted by atomic mass is 16.6. The van der Waals surface area contributed by atoms with Gasteiger partial charge in [0.05, 0.1) is 38.6 Å². The van der Waals surface area contributed by atoms with Crippen molar-refractivity contribution in [3.05, 3.63) is 108 Å². The Hall–Kier alpha value is -3.52. The smallest absolute Gasteiger partial charge is 0.303 e. The molecule has 418 valence electrons. The molecule has 74 heavy (non-hydrogen) atoms. The minimum absolute atomic E-state index is 0.204. The Bertz CT molecular complexity index is 1690. The number of benzene rings is 3. The van der Waals surface area contributed by atoms with E-state index in [2.05, 4.69) is 55.6 Å². The Kier molecular flexibility index (Phi) is 40.9. The van der Waals surface area contributed by atoms with Crippen molar-refractivity contribution < 1.29 is 28.5 Å². The number of amides is 1. The van der Waals surface area contributed by atoms with E-state index >= 15 is 0 Å². The average molecular weight is 1020 g/mol. The summed E-state index contributed by atoms with van der Waals surface area (Å²) < 4.78 is 26.1. The Morgan fingerprint density at radius 2 is 0.730 bits per heavy atom. The lowest BCUT2D eigenvalue weighted by atomic mass is 9.98. The molecule has 7 nitrogen and oxygen atoms in total. The highest BCUT2D eigenvalue weighted by Gasteiger charge is 2.35. The summed E-state index contributed by atoms with van der Waals surface area (Å²) in [5, 5.41) is 3.34. The predicted molar refractivity (Wildman–Crippen MR) is 311 cm³/mol. The van der Waals surface area contributed by atoms with Gasteiger partial charge in [-0.3, -0.25) is 9.59 Å². The minimum Gasteiger partial charge on any atom is -0.452 e. The average Bonchev–Trinajstić information content (AvgIpc) is 3.41. The number of hydrogen-bond donors (Lipinski definition) is 1. The second kappa shape index (κ2) is 46.8. The van der Waals surface area contributed by atoms with Gasteiger partial charge in [-0.15, -0.1) is 0 Å². The quantitative estimate of drug-likeness (QED) is 0.0448. The Morgan fingerprint density at radius 3 is 1.09 bits per heavy atom. The van der Waals surface area contributed by atoms with E-state index in [1.54, 1.807) is 0 Å². The van der Waals surface area contributed by atoms with Gasteiger partial charge in [-0.1, -0.05) is 317 Å². The maximum atomic E-state index is 14.5. The normalized spacial score (nSPS) is 13.1. The van der Waals surface area contributed by atoms with Crippen LogP contribution < -0.4 is 5.32 Å². The summed E-state index contributed by atoms with van der Waals surface area (Å²) >= 11 is 0. The number of unbranched alkanes of at least 4 members (excludes halogenated alkanes) is 32. The van der Waals surface area contributed by atoms with Gasteiger partial charge in [-0.2, -0.15) is 0 Å². The van der Waals surface area contributed by atoms with Crippen LogP contribution in [0.5, 0.6) is 0 Å². The zero-order chi connectivity index (χ0) is 52.6. The van der Waals surface area contributed by atoms with Gasteiger partial charge in [0.2, 0.25) is 0 Å². The second-order valence-electron chi connectivity index (χ2n) is 21.7. The zero-order valence-electron chi connectivity index (χ0n) is 47.7. The largest absolute Gasteiger partial charge is 0.452 e. The van der Waals surface area contributed by atoms with Crippen LogP contribution in [0.2, 0.25) is 0 Å². The van der Waals surface area contributed by atoms with Crippen molar-refractivity contribution in [3.8, 4) is 0 Å². The molecule has 3 rings (SSSR count). The summed E-state index contributed by atoms with van der Waals surface area (Å²) in [6, 6.07) is 30.0. The van der Waals surface area contributed by atoms with E-state index in [1.807, 2.05) is 54.6 Å². The summed E-state index contributed by atoms with van der Waals surface area (Å²) in [6.45, 7) is 7.34. The predicted octanol–water partition coefficient (Wildman–Crippen LogP) is 18.9. The lowest BCUT2D eigenvalue weighted by molar-refractivity contribution is -0.156.